The molecule has 1 aromatic heterocycles. The number of rotatable bonds is 2. The molecule has 1 aromatic carbocycles. The zero-order valence-corrected chi connectivity index (χ0v) is 11.4. The molecule has 0 aliphatic carbocycles. The number of amides is 1. The van der Waals surface area contributed by atoms with Gasteiger partial charge in [-0.25, -0.2) is 4.39 Å². The van der Waals surface area contributed by atoms with E-state index in [0.717, 1.165) is 0 Å². The lowest BCUT2D eigenvalue weighted by Crippen LogP contribution is -2.14. The van der Waals surface area contributed by atoms with E-state index >= 15 is 0 Å². The smallest absolute Gasteiger partial charge is 0.276 e. The van der Waals surface area contributed by atoms with Crippen molar-refractivity contribution in [3.8, 4) is 0 Å². The number of benzene rings is 1. The first kappa shape index (κ1) is 14.0. The molecule has 0 fully saturated rings. The number of halogens is 4. The predicted molar refractivity (Wildman–Crippen MR) is 71.4 cm³/mol. The lowest BCUT2D eigenvalue weighted by atomic mass is 10.3. The normalized spacial score (nSPS) is 10.3. The van der Waals surface area contributed by atoms with Gasteiger partial charge in [0.05, 0.1) is 10.0 Å². The Morgan fingerprint density at radius 2 is 1.74 bits per heavy atom. The number of nitrogens with zero attached hydrogens (tertiary/aromatic N) is 2. The lowest BCUT2D eigenvalue weighted by molar-refractivity contribution is 0.102. The van der Waals surface area contributed by atoms with Crippen molar-refractivity contribution < 1.29 is 9.18 Å². The van der Waals surface area contributed by atoms with Crippen LogP contribution in [0.5, 0.6) is 0 Å². The minimum atomic E-state index is -0.743. The first-order chi connectivity index (χ1) is 8.97. The first-order valence-electron chi connectivity index (χ1n) is 4.92. The fourth-order valence-electron chi connectivity index (χ4n) is 1.26. The van der Waals surface area contributed by atoms with Crippen LogP contribution in [0.25, 0.3) is 0 Å². The SMILES string of the molecule is O=C(Nc1cc(Cl)c(F)c(Cl)c1)c1ccc(Cl)nn1. The van der Waals surface area contributed by atoms with Gasteiger partial charge in [-0.3, -0.25) is 4.79 Å². The van der Waals surface area contributed by atoms with Crippen LogP contribution in [0.2, 0.25) is 15.2 Å². The highest BCUT2D eigenvalue weighted by Crippen LogP contribution is 2.27. The number of hydrogen-bond donors (Lipinski definition) is 1. The number of aromatic nitrogens is 2. The Morgan fingerprint density at radius 3 is 2.26 bits per heavy atom. The van der Waals surface area contributed by atoms with Crippen LogP contribution in [-0.4, -0.2) is 16.1 Å². The van der Waals surface area contributed by atoms with Crippen molar-refractivity contribution >= 4 is 46.4 Å². The zero-order chi connectivity index (χ0) is 14.0. The van der Waals surface area contributed by atoms with Gasteiger partial charge in [0.15, 0.2) is 16.7 Å². The van der Waals surface area contributed by atoms with Gasteiger partial charge in [-0.05, 0) is 24.3 Å². The van der Waals surface area contributed by atoms with E-state index in [1.54, 1.807) is 0 Å². The van der Waals surface area contributed by atoms with Crippen molar-refractivity contribution in [1.82, 2.24) is 10.2 Å². The molecule has 0 unspecified atom stereocenters. The lowest BCUT2D eigenvalue weighted by Gasteiger charge is -2.06. The molecule has 1 heterocycles. The van der Waals surface area contributed by atoms with Crippen LogP contribution in [0.1, 0.15) is 10.5 Å². The Balaban J connectivity index is 2.22. The van der Waals surface area contributed by atoms with E-state index in [4.69, 9.17) is 34.8 Å². The van der Waals surface area contributed by atoms with Crippen molar-refractivity contribution in [2.24, 2.45) is 0 Å². The Bertz CT molecular complexity index is 611. The summed E-state index contributed by atoms with van der Waals surface area (Å²) in [5.41, 5.74) is 0.305. The van der Waals surface area contributed by atoms with Gasteiger partial charge in [0.2, 0.25) is 0 Å². The summed E-state index contributed by atoms with van der Waals surface area (Å²) in [5.74, 6) is -1.28. The van der Waals surface area contributed by atoms with Gasteiger partial charge in [0.1, 0.15) is 0 Å². The Labute approximate surface area is 122 Å². The van der Waals surface area contributed by atoms with Crippen LogP contribution in [0, 0.1) is 5.82 Å². The number of carbonyl (C=O) groups is 1. The van der Waals surface area contributed by atoms with E-state index < -0.39 is 11.7 Å². The second kappa shape index (κ2) is 5.69. The molecule has 2 aromatic rings. The third kappa shape index (κ3) is 3.32. The van der Waals surface area contributed by atoms with E-state index in [1.807, 2.05) is 0 Å². The van der Waals surface area contributed by atoms with Crippen LogP contribution < -0.4 is 5.32 Å². The molecule has 0 aliphatic rings. The van der Waals surface area contributed by atoms with E-state index in [1.165, 1.54) is 24.3 Å². The molecule has 0 spiro atoms. The molecule has 0 aliphatic heterocycles. The number of anilines is 1. The summed E-state index contributed by atoms with van der Waals surface area (Å²) in [6.45, 7) is 0. The highest BCUT2D eigenvalue weighted by Gasteiger charge is 2.12. The van der Waals surface area contributed by atoms with E-state index in [2.05, 4.69) is 15.5 Å². The number of carbonyl (C=O) groups excluding carboxylic acids is 1. The van der Waals surface area contributed by atoms with Gasteiger partial charge in [-0.1, -0.05) is 34.8 Å². The van der Waals surface area contributed by atoms with Crippen molar-refractivity contribution in [3.05, 3.63) is 51.0 Å². The molecule has 98 valence electrons. The topological polar surface area (TPSA) is 54.9 Å². The Morgan fingerprint density at radius 1 is 1.11 bits per heavy atom. The van der Waals surface area contributed by atoms with Gasteiger partial charge in [-0.15, -0.1) is 10.2 Å². The summed E-state index contributed by atoms with van der Waals surface area (Å²) >= 11 is 16.8. The predicted octanol–water partition coefficient (Wildman–Crippen LogP) is 3.83. The Hall–Kier alpha value is -1.43. The molecular formula is C11H5Cl3FN3O. The van der Waals surface area contributed by atoms with Crippen molar-refractivity contribution in [2.75, 3.05) is 5.32 Å². The second-order valence-electron chi connectivity index (χ2n) is 3.45. The van der Waals surface area contributed by atoms with E-state index in [-0.39, 0.29) is 26.6 Å². The van der Waals surface area contributed by atoms with Crippen LogP contribution >= 0.6 is 34.8 Å². The number of nitrogens with one attached hydrogen (secondary N) is 1. The maximum atomic E-state index is 13.2. The molecule has 8 heteroatoms. The molecule has 1 amide bonds. The van der Waals surface area contributed by atoms with E-state index in [9.17, 15) is 9.18 Å². The molecule has 0 radical (unpaired) electrons. The van der Waals surface area contributed by atoms with Gasteiger partial charge in [0, 0.05) is 5.69 Å². The molecule has 0 saturated carbocycles. The first-order valence-corrected chi connectivity index (χ1v) is 6.06. The largest absolute Gasteiger partial charge is 0.320 e. The van der Waals surface area contributed by atoms with Gasteiger partial charge in [0.25, 0.3) is 5.91 Å². The standard InChI is InChI=1S/C11H5Cl3FN3O/c12-6-3-5(4-7(13)10(6)15)16-11(19)8-1-2-9(14)18-17-8/h1-4H,(H,16,19). The monoisotopic (exact) mass is 319 g/mol. The maximum Gasteiger partial charge on any atom is 0.276 e. The molecule has 1 N–H and O–H groups in total. The quantitative estimate of drug-likeness (QED) is 0.856. The molecular weight excluding hydrogens is 315 g/mol. The highest BCUT2D eigenvalue weighted by atomic mass is 35.5. The molecule has 0 atom stereocenters. The second-order valence-corrected chi connectivity index (χ2v) is 4.65. The zero-order valence-electron chi connectivity index (χ0n) is 9.12. The number of hydrogen-bond acceptors (Lipinski definition) is 3. The van der Waals surface area contributed by atoms with E-state index in [0.29, 0.717) is 0 Å². The summed E-state index contributed by atoms with van der Waals surface area (Å²) in [6.07, 6.45) is 0. The maximum absolute atomic E-state index is 13.2. The van der Waals surface area contributed by atoms with Crippen LogP contribution in [0.15, 0.2) is 24.3 Å². The fourth-order valence-corrected chi connectivity index (χ4v) is 1.85. The van der Waals surface area contributed by atoms with Crippen LogP contribution in [0.3, 0.4) is 0 Å². The summed E-state index contributed by atoms with van der Waals surface area (Å²) < 4.78 is 13.2. The third-order valence-corrected chi connectivity index (χ3v) is 2.86. The van der Waals surface area contributed by atoms with Crippen molar-refractivity contribution in [2.45, 2.75) is 0 Å². The molecule has 0 saturated heterocycles. The molecule has 2 rings (SSSR count). The van der Waals surface area contributed by atoms with Crippen molar-refractivity contribution in [3.63, 3.8) is 0 Å². The minimum Gasteiger partial charge on any atom is -0.320 e. The Kier molecular flexibility index (Phi) is 4.19. The van der Waals surface area contributed by atoms with Gasteiger partial charge < -0.3 is 5.32 Å². The van der Waals surface area contributed by atoms with Gasteiger partial charge >= 0.3 is 0 Å². The fraction of sp³-hybridized carbons (Fsp3) is 0. The average Bonchev–Trinajstić information content (AvgIpc) is 2.36. The van der Waals surface area contributed by atoms with Crippen LogP contribution in [-0.2, 0) is 0 Å². The summed E-state index contributed by atoms with van der Waals surface area (Å²) in [5, 5.41) is 9.39. The minimum absolute atomic E-state index is 0.0565. The molecule has 0 bridgehead atoms. The molecule has 19 heavy (non-hydrogen) atoms. The summed E-state index contributed by atoms with van der Waals surface area (Å²) in [7, 11) is 0. The van der Waals surface area contributed by atoms with Gasteiger partial charge in [-0.2, -0.15) is 0 Å². The summed E-state index contributed by atoms with van der Waals surface area (Å²) in [6, 6.07) is 5.31. The van der Waals surface area contributed by atoms with Crippen molar-refractivity contribution in [1.29, 1.82) is 0 Å². The highest BCUT2D eigenvalue weighted by molar-refractivity contribution is 6.35. The third-order valence-electron chi connectivity index (χ3n) is 2.11. The molecule has 4 nitrogen and oxygen atoms in total. The average molecular weight is 321 g/mol. The summed E-state index contributed by atoms with van der Waals surface area (Å²) in [4.78, 5) is 11.8. The van der Waals surface area contributed by atoms with Crippen LogP contribution in [0.4, 0.5) is 10.1 Å².